The van der Waals surface area contributed by atoms with Gasteiger partial charge in [0, 0.05) is 6.04 Å². The lowest BCUT2D eigenvalue weighted by molar-refractivity contribution is 0.359. The Morgan fingerprint density at radius 1 is 1.50 bits per heavy atom. The third kappa shape index (κ3) is 2.66. The van der Waals surface area contributed by atoms with E-state index in [1.807, 2.05) is 6.20 Å². The second-order valence-corrected chi connectivity index (χ2v) is 5.73. The molecule has 0 saturated carbocycles. The summed E-state index contributed by atoms with van der Waals surface area (Å²) in [6, 6.07) is 0.447. The maximum atomic E-state index is 4.43. The molecule has 0 amide bonds. The Morgan fingerprint density at radius 2 is 2.19 bits per heavy atom. The lowest BCUT2D eigenvalue weighted by Crippen LogP contribution is -2.29. The summed E-state index contributed by atoms with van der Waals surface area (Å²) in [5, 5.41) is 7.85. The number of hydrogen-bond donors (Lipinski definition) is 1. The highest BCUT2D eigenvalue weighted by Gasteiger charge is 2.18. The van der Waals surface area contributed by atoms with Gasteiger partial charge in [0.25, 0.3) is 0 Å². The second kappa shape index (κ2) is 5.32. The number of aromatic nitrogens is 2. The van der Waals surface area contributed by atoms with E-state index in [-0.39, 0.29) is 0 Å². The van der Waals surface area contributed by atoms with E-state index in [2.05, 4.69) is 44.9 Å². The summed E-state index contributed by atoms with van der Waals surface area (Å²) in [6.45, 7) is 6.70. The molecule has 4 heteroatoms. The molecular weight excluding hydrogens is 266 g/mol. The maximum absolute atomic E-state index is 4.43. The van der Waals surface area contributed by atoms with Crippen molar-refractivity contribution >= 4 is 15.9 Å². The molecule has 1 fully saturated rings. The van der Waals surface area contributed by atoms with Crippen LogP contribution in [0, 0.1) is 5.92 Å². The first-order valence-corrected chi connectivity index (χ1v) is 6.90. The van der Waals surface area contributed by atoms with Crippen molar-refractivity contribution < 1.29 is 0 Å². The van der Waals surface area contributed by atoms with Crippen molar-refractivity contribution in [1.29, 1.82) is 0 Å². The summed E-state index contributed by atoms with van der Waals surface area (Å²) in [5.74, 6) is 0.812. The largest absolute Gasteiger partial charge is 0.317 e. The second-order valence-electron chi connectivity index (χ2n) is 4.88. The SMILES string of the molecule is CC(C)n1ncc(Br)c1CC1CCNCC1. The van der Waals surface area contributed by atoms with Crippen molar-refractivity contribution in [3.63, 3.8) is 0 Å². The van der Waals surface area contributed by atoms with Gasteiger partial charge in [-0.25, -0.2) is 0 Å². The number of rotatable bonds is 3. The van der Waals surface area contributed by atoms with Gasteiger partial charge in [-0.15, -0.1) is 0 Å². The molecule has 0 unspecified atom stereocenters. The summed E-state index contributed by atoms with van der Waals surface area (Å²) >= 11 is 3.61. The third-order valence-electron chi connectivity index (χ3n) is 3.28. The number of halogens is 1. The van der Waals surface area contributed by atoms with E-state index in [4.69, 9.17) is 0 Å². The fourth-order valence-electron chi connectivity index (χ4n) is 2.36. The van der Waals surface area contributed by atoms with Crippen LogP contribution in [0.25, 0.3) is 0 Å². The normalized spacial score (nSPS) is 18.2. The fourth-order valence-corrected chi connectivity index (χ4v) is 2.80. The van der Waals surface area contributed by atoms with Crippen LogP contribution in [-0.2, 0) is 6.42 Å². The average Bonchev–Trinajstić information content (AvgIpc) is 2.62. The highest BCUT2D eigenvalue weighted by atomic mass is 79.9. The zero-order valence-corrected chi connectivity index (χ0v) is 11.6. The minimum atomic E-state index is 0.447. The van der Waals surface area contributed by atoms with Crippen molar-refractivity contribution in [3.8, 4) is 0 Å². The Balaban J connectivity index is 2.09. The smallest absolute Gasteiger partial charge is 0.0635 e. The molecule has 0 aliphatic carbocycles. The van der Waals surface area contributed by atoms with Crippen LogP contribution in [0.3, 0.4) is 0 Å². The minimum Gasteiger partial charge on any atom is -0.317 e. The Kier molecular flexibility index (Phi) is 4.03. The first-order chi connectivity index (χ1) is 7.68. The van der Waals surface area contributed by atoms with Gasteiger partial charge in [0.1, 0.15) is 0 Å². The highest BCUT2D eigenvalue weighted by molar-refractivity contribution is 9.10. The van der Waals surface area contributed by atoms with Gasteiger partial charge in [-0.3, -0.25) is 4.68 Å². The molecule has 2 heterocycles. The Labute approximate surface area is 106 Å². The molecule has 3 nitrogen and oxygen atoms in total. The van der Waals surface area contributed by atoms with Crippen molar-refractivity contribution in [2.24, 2.45) is 5.92 Å². The van der Waals surface area contributed by atoms with Crippen molar-refractivity contribution in [2.45, 2.75) is 39.2 Å². The lowest BCUT2D eigenvalue weighted by atomic mass is 9.93. The van der Waals surface area contributed by atoms with Gasteiger partial charge in [0.15, 0.2) is 0 Å². The molecule has 1 aliphatic rings. The summed E-state index contributed by atoms with van der Waals surface area (Å²) in [7, 11) is 0. The van der Waals surface area contributed by atoms with Crippen molar-refractivity contribution in [3.05, 3.63) is 16.4 Å². The molecule has 1 aromatic rings. The molecule has 0 bridgehead atoms. The summed E-state index contributed by atoms with van der Waals surface area (Å²) in [4.78, 5) is 0. The predicted molar refractivity (Wildman–Crippen MR) is 69.6 cm³/mol. The Bertz CT molecular complexity index is 340. The molecule has 0 spiro atoms. The van der Waals surface area contributed by atoms with Crippen LogP contribution in [0.2, 0.25) is 0 Å². The zero-order valence-electron chi connectivity index (χ0n) is 10.0. The van der Waals surface area contributed by atoms with Crippen LogP contribution in [0.5, 0.6) is 0 Å². The van der Waals surface area contributed by atoms with Crippen molar-refractivity contribution in [2.75, 3.05) is 13.1 Å². The van der Waals surface area contributed by atoms with Gasteiger partial charge >= 0.3 is 0 Å². The maximum Gasteiger partial charge on any atom is 0.0635 e. The predicted octanol–water partition coefficient (Wildman–Crippen LogP) is 2.77. The minimum absolute atomic E-state index is 0.447. The Morgan fingerprint density at radius 3 is 2.81 bits per heavy atom. The van der Waals surface area contributed by atoms with Crippen LogP contribution >= 0.6 is 15.9 Å². The van der Waals surface area contributed by atoms with Crippen molar-refractivity contribution in [1.82, 2.24) is 15.1 Å². The van der Waals surface area contributed by atoms with E-state index in [9.17, 15) is 0 Å². The first-order valence-electron chi connectivity index (χ1n) is 6.11. The number of hydrogen-bond acceptors (Lipinski definition) is 2. The average molecular weight is 286 g/mol. The molecule has 90 valence electrons. The van der Waals surface area contributed by atoms with Gasteiger partial charge in [0.05, 0.1) is 16.4 Å². The van der Waals surface area contributed by atoms with E-state index in [1.54, 1.807) is 0 Å². The van der Waals surface area contributed by atoms with Gasteiger partial charge in [-0.1, -0.05) is 0 Å². The molecule has 2 rings (SSSR count). The lowest BCUT2D eigenvalue weighted by Gasteiger charge is -2.23. The first kappa shape index (κ1) is 12.1. The highest BCUT2D eigenvalue weighted by Crippen LogP contribution is 2.25. The third-order valence-corrected chi connectivity index (χ3v) is 3.94. The molecular formula is C12H20BrN3. The number of piperidine rings is 1. The number of nitrogens with zero attached hydrogens (tertiary/aromatic N) is 2. The molecule has 1 aliphatic heterocycles. The number of nitrogens with one attached hydrogen (secondary N) is 1. The molecule has 0 radical (unpaired) electrons. The van der Waals surface area contributed by atoms with Crippen LogP contribution in [-0.4, -0.2) is 22.9 Å². The van der Waals surface area contributed by atoms with E-state index >= 15 is 0 Å². The quantitative estimate of drug-likeness (QED) is 0.926. The topological polar surface area (TPSA) is 29.9 Å². The van der Waals surface area contributed by atoms with Crippen LogP contribution in [0.4, 0.5) is 0 Å². The van der Waals surface area contributed by atoms with E-state index < -0.39 is 0 Å². The molecule has 1 saturated heterocycles. The van der Waals surface area contributed by atoms with Gasteiger partial charge in [0.2, 0.25) is 0 Å². The molecule has 16 heavy (non-hydrogen) atoms. The molecule has 1 N–H and O–H groups in total. The molecule has 0 aromatic carbocycles. The summed E-state index contributed by atoms with van der Waals surface area (Å²) < 4.78 is 3.31. The zero-order chi connectivity index (χ0) is 11.5. The monoisotopic (exact) mass is 285 g/mol. The molecule has 1 aromatic heterocycles. The Hall–Kier alpha value is -0.350. The van der Waals surface area contributed by atoms with Gasteiger partial charge in [-0.05, 0) is 68.0 Å². The standard InChI is InChI=1S/C12H20BrN3/c1-9(2)16-12(11(13)8-15-16)7-10-3-5-14-6-4-10/h8-10,14H,3-7H2,1-2H3. The van der Waals surface area contributed by atoms with Crippen LogP contribution in [0.1, 0.15) is 38.4 Å². The van der Waals surface area contributed by atoms with Crippen LogP contribution < -0.4 is 5.32 Å². The van der Waals surface area contributed by atoms with Gasteiger partial charge in [-0.2, -0.15) is 5.10 Å². The van der Waals surface area contributed by atoms with E-state index in [0.717, 1.165) is 25.4 Å². The summed E-state index contributed by atoms with van der Waals surface area (Å²) in [5.41, 5.74) is 1.36. The van der Waals surface area contributed by atoms with E-state index in [0.29, 0.717) is 6.04 Å². The van der Waals surface area contributed by atoms with E-state index in [1.165, 1.54) is 23.0 Å². The fraction of sp³-hybridized carbons (Fsp3) is 0.750. The van der Waals surface area contributed by atoms with Gasteiger partial charge < -0.3 is 5.32 Å². The molecule has 0 atom stereocenters. The van der Waals surface area contributed by atoms with Crippen LogP contribution in [0.15, 0.2) is 10.7 Å². The summed E-state index contributed by atoms with van der Waals surface area (Å²) in [6.07, 6.45) is 5.66.